The molecule has 5 aliphatic rings. The number of carbonyl (C=O) groups is 2. The molecule has 4 heterocycles. The molecule has 1 aliphatic carbocycles. The molecule has 3 fully saturated rings. The summed E-state index contributed by atoms with van der Waals surface area (Å²) >= 11 is 3.60. The van der Waals surface area contributed by atoms with Crippen LogP contribution in [0.2, 0.25) is 0 Å². The van der Waals surface area contributed by atoms with Crippen molar-refractivity contribution in [3.05, 3.63) is 94.0 Å². The lowest BCUT2D eigenvalue weighted by Gasteiger charge is -2.51. The molecule has 6 heteroatoms. The number of halogens is 1. The Morgan fingerprint density at radius 3 is 2.49 bits per heavy atom. The minimum Gasteiger partial charge on any atom is -0.374 e. The number of benzene rings is 3. The first-order chi connectivity index (χ1) is 18.1. The summed E-state index contributed by atoms with van der Waals surface area (Å²) in [7, 11) is 0. The predicted molar refractivity (Wildman–Crippen MR) is 147 cm³/mol. The van der Waals surface area contributed by atoms with Crippen molar-refractivity contribution in [2.45, 2.75) is 55.1 Å². The third kappa shape index (κ3) is 2.54. The van der Waals surface area contributed by atoms with Crippen molar-refractivity contribution >= 4 is 39.0 Å². The van der Waals surface area contributed by atoms with E-state index in [1.807, 2.05) is 24.3 Å². The maximum absolute atomic E-state index is 15.2. The van der Waals surface area contributed by atoms with Gasteiger partial charge in [-0.15, -0.1) is 0 Å². The molecule has 8 rings (SSSR count). The SMILES string of the molecule is O=C1C2Nc3ccccc3C2CC[C@@]12[C@@H](c1ccc(Br)cc1)C1CCCN1[C@@]21C(=O)Nc2ccccc21. The van der Waals surface area contributed by atoms with Crippen molar-refractivity contribution in [1.82, 2.24) is 4.90 Å². The summed E-state index contributed by atoms with van der Waals surface area (Å²) < 4.78 is 1.02. The highest BCUT2D eigenvalue weighted by Gasteiger charge is 2.78. The molecule has 1 saturated carbocycles. The number of carbonyl (C=O) groups excluding carboxylic acids is 2. The van der Waals surface area contributed by atoms with E-state index in [1.54, 1.807) is 0 Å². The van der Waals surface area contributed by atoms with Crippen LogP contribution >= 0.6 is 15.9 Å². The number of nitrogens with zero attached hydrogens (tertiary/aromatic N) is 1. The van der Waals surface area contributed by atoms with Crippen LogP contribution in [0.3, 0.4) is 0 Å². The summed E-state index contributed by atoms with van der Waals surface area (Å²) in [6.07, 6.45) is 3.60. The molecular weight excluding hydrogens is 526 g/mol. The maximum atomic E-state index is 15.2. The molecule has 3 aromatic rings. The lowest BCUT2D eigenvalue weighted by atomic mass is 9.51. The lowest BCUT2D eigenvalue weighted by Crippen LogP contribution is -2.64. The average molecular weight is 554 g/mol. The molecule has 0 radical (unpaired) electrons. The monoisotopic (exact) mass is 553 g/mol. The predicted octanol–water partition coefficient (Wildman–Crippen LogP) is 5.79. The molecule has 5 nitrogen and oxygen atoms in total. The maximum Gasteiger partial charge on any atom is 0.250 e. The third-order valence-electron chi connectivity index (χ3n) is 10.1. The van der Waals surface area contributed by atoms with Crippen LogP contribution in [0.5, 0.6) is 0 Å². The normalized spacial score (nSPS) is 35.3. The van der Waals surface area contributed by atoms with Crippen molar-refractivity contribution in [3.63, 3.8) is 0 Å². The fraction of sp³-hybridized carbons (Fsp3) is 0.355. The van der Waals surface area contributed by atoms with Gasteiger partial charge in [0.05, 0.1) is 11.5 Å². The standard InChI is InChI=1S/C31H28BrN3O2/c32-19-13-11-18(12-14-19)26-25-10-5-17-35(25)31(22-7-2-4-9-24(22)34-29(31)37)30(26)16-15-21-20-6-1-3-8-23(20)33-27(21)28(30)36/h1-4,6-9,11-14,21,25-27,33H,5,10,15-17H2,(H,34,37)/t21?,25?,26-,27?,30+,31-/m0/s1. The van der Waals surface area contributed by atoms with Gasteiger partial charge in [0.1, 0.15) is 5.54 Å². The van der Waals surface area contributed by atoms with Crippen LogP contribution in [-0.4, -0.2) is 35.2 Å². The number of anilines is 2. The Bertz CT molecular complexity index is 1470. The molecule has 0 bridgehead atoms. The van der Waals surface area contributed by atoms with Crippen molar-refractivity contribution in [1.29, 1.82) is 0 Å². The molecule has 2 spiro atoms. The number of para-hydroxylation sites is 2. The Balaban J connectivity index is 1.40. The van der Waals surface area contributed by atoms with Crippen LogP contribution in [0.4, 0.5) is 11.4 Å². The molecular formula is C31H28BrN3O2. The Morgan fingerprint density at radius 2 is 1.65 bits per heavy atom. The van der Waals surface area contributed by atoms with Gasteiger partial charge in [-0.1, -0.05) is 64.5 Å². The number of ketones is 1. The van der Waals surface area contributed by atoms with Gasteiger partial charge in [0.25, 0.3) is 5.91 Å². The Hall–Kier alpha value is -2.96. The van der Waals surface area contributed by atoms with E-state index in [0.717, 1.165) is 52.8 Å². The van der Waals surface area contributed by atoms with Crippen LogP contribution in [-0.2, 0) is 15.1 Å². The summed E-state index contributed by atoms with van der Waals surface area (Å²) in [5, 5.41) is 6.85. The second-order valence-corrected chi connectivity index (χ2v) is 12.2. The van der Waals surface area contributed by atoms with Gasteiger partial charge in [-0.25, -0.2) is 0 Å². The van der Waals surface area contributed by atoms with Crippen molar-refractivity contribution < 1.29 is 9.59 Å². The molecule has 1 amide bonds. The smallest absolute Gasteiger partial charge is 0.250 e. The van der Waals surface area contributed by atoms with E-state index in [2.05, 4.69) is 80.0 Å². The van der Waals surface area contributed by atoms with Crippen LogP contribution in [0.15, 0.2) is 77.3 Å². The molecule has 186 valence electrons. The zero-order chi connectivity index (χ0) is 24.9. The number of amides is 1. The number of hydrogen-bond acceptors (Lipinski definition) is 4. The molecule has 6 atom stereocenters. The summed E-state index contributed by atoms with van der Waals surface area (Å²) in [4.78, 5) is 32.1. The zero-order valence-electron chi connectivity index (χ0n) is 20.4. The first-order valence-corrected chi connectivity index (χ1v) is 14.2. The second kappa shape index (κ2) is 7.55. The van der Waals surface area contributed by atoms with Gasteiger partial charge in [0, 0.05) is 39.3 Å². The van der Waals surface area contributed by atoms with E-state index >= 15 is 4.79 Å². The number of Topliss-reactive ketones (excluding diaryl/α,β-unsaturated/α-hetero) is 1. The van der Waals surface area contributed by atoms with Crippen LogP contribution in [0, 0.1) is 5.41 Å². The lowest BCUT2D eigenvalue weighted by molar-refractivity contribution is -0.150. The second-order valence-electron chi connectivity index (χ2n) is 11.3. The first kappa shape index (κ1) is 22.1. The average Bonchev–Trinajstić information content (AvgIpc) is 3.65. The van der Waals surface area contributed by atoms with E-state index in [1.165, 1.54) is 5.56 Å². The molecule has 2 saturated heterocycles. The summed E-state index contributed by atoms with van der Waals surface area (Å²) in [5.74, 6) is 0.266. The van der Waals surface area contributed by atoms with E-state index in [4.69, 9.17) is 0 Å². The fourth-order valence-corrected chi connectivity index (χ4v) is 9.20. The quantitative estimate of drug-likeness (QED) is 0.400. The summed E-state index contributed by atoms with van der Waals surface area (Å²) in [6.45, 7) is 0.830. The summed E-state index contributed by atoms with van der Waals surface area (Å²) in [5.41, 5.74) is 3.43. The van der Waals surface area contributed by atoms with E-state index in [9.17, 15) is 4.79 Å². The fourth-order valence-electron chi connectivity index (χ4n) is 8.93. The molecule has 0 aromatic heterocycles. The van der Waals surface area contributed by atoms with E-state index < -0.39 is 11.0 Å². The van der Waals surface area contributed by atoms with Gasteiger partial charge in [-0.05, 0) is 67.6 Å². The van der Waals surface area contributed by atoms with Gasteiger partial charge in [-0.3, -0.25) is 14.5 Å². The van der Waals surface area contributed by atoms with Crippen LogP contribution in [0.25, 0.3) is 0 Å². The van der Waals surface area contributed by atoms with Crippen molar-refractivity contribution in [3.8, 4) is 0 Å². The van der Waals surface area contributed by atoms with Crippen molar-refractivity contribution in [2.24, 2.45) is 5.41 Å². The Kier molecular flexibility index (Phi) is 4.50. The van der Waals surface area contributed by atoms with E-state index in [-0.39, 0.29) is 35.6 Å². The third-order valence-corrected chi connectivity index (χ3v) is 10.6. The highest BCUT2D eigenvalue weighted by molar-refractivity contribution is 9.10. The number of nitrogens with one attached hydrogen (secondary N) is 2. The van der Waals surface area contributed by atoms with Gasteiger partial charge in [-0.2, -0.15) is 0 Å². The molecule has 3 unspecified atom stereocenters. The molecule has 2 N–H and O–H groups in total. The minimum absolute atomic E-state index is 0.0254. The Morgan fingerprint density at radius 1 is 0.892 bits per heavy atom. The molecule has 3 aromatic carbocycles. The van der Waals surface area contributed by atoms with Gasteiger partial charge < -0.3 is 10.6 Å². The Labute approximate surface area is 224 Å². The largest absolute Gasteiger partial charge is 0.374 e. The zero-order valence-corrected chi connectivity index (χ0v) is 22.0. The highest BCUT2D eigenvalue weighted by atomic mass is 79.9. The highest BCUT2D eigenvalue weighted by Crippen LogP contribution is 2.71. The minimum atomic E-state index is -0.999. The topological polar surface area (TPSA) is 61.4 Å². The van der Waals surface area contributed by atoms with Crippen LogP contribution < -0.4 is 10.6 Å². The van der Waals surface area contributed by atoms with E-state index in [0.29, 0.717) is 6.42 Å². The van der Waals surface area contributed by atoms with Gasteiger partial charge in [0.15, 0.2) is 5.78 Å². The van der Waals surface area contributed by atoms with Gasteiger partial charge in [0.2, 0.25) is 0 Å². The van der Waals surface area contributed by atoms with Gasteiger partial charge >= 0.3 is 0 Å². The number of hydrogen-bond donors (Lipinski definition) is 2. The molecule has 37 heavy (non-hydrogen) atoms. The van der Waals surface area contributed by atoms with Crippen LogP contribution in [0.1, 0.15) is 54.2 Å². The van der Waals surface area contributed by atoms with Crippen molar-refractivity contribution in [2.75, 3.05) is 17.2 Å². The first-order valence-electron chi connectivity index (χ1n) is 13.4. The summed E-state index contributed by atoms with van der Waals surface area (Å²) in [6, 6.07) is 24.7. The number of rotatable bonds is 1. The molecule has 4 aliphatic heterocycles. The number of fused-ring (bicyclic) bond motifs is 8.